The Morgan fingerprint density at radius 3 is 2.95 bits per heavy atom. The Bertz CT molecular complexity index is 586. The molecule has 1 aromatic heterocycles. The summed E-state index contributed by atoms with van der Waals surface area (Å²) in [5.41, 5.74) is 1.61. The standard InChI is InChI=1S/C14H15ClN2O2S/c15-12-5-2-1-4-11(12)14-17-10(9-20-14)8-13(19)16-6-3-7-18/h1-2,4-5,9,18H,3,6-8H2,(H,16,19). The van der Waals surface area contributed by atoms with Crippen molar-refractivity contribution in [2.24, 2.45) is 0 Å². The van der Waals surface area contributed by atoms with Crippen molar-refractivity contribution in [1.82, 2.24) is 10.3 Å². The minimum Gasteiger partial charge on any atom is -0.396 e. The third-order valence-corrected chi connectivity index (χ3v) is 3.91. The van der Waals surface area contributed by atoms with E-state index in [2.05, 4.69) is 10.3 Å². The molecule has 106 valence electrons. The van der Waals surface area contributed by atoms with E-state index in [9.17, 15) is 4.79 Å². The van der Waals surface area contributed by atoms with Crippen LogP contribution in [0.15, 0.2) is 29.6 Å². The van der Waals surface area contributed by atoms with Gasteiger partial charge in [0.1, 0.15) is 5.01 Å². The zero-order valence-electron chi connectivity index (χ0n) is 10.8. The van der Waals surface area contributed by atoms with Crippen molar-refractivity contribution in [2.75, 3.05) is 13.2 Å². The van der Waals surface area contributed by atoms with Crippen LogP contribution in [0.2, 0.25) is 5.02 Å². The summed E-state index contributed by atoms with van der Waals surface area (Å²) in [6.07, 6.45) is 0.806. The fourth-order valence-corrected chi connectivity index (χ4v) is 2.82. The summed E-state index contributed by atoms with van der Waals surface area (Å²) in [6, 6.07) is 7.50. The van der Waals surface area contributed by atoms with Crippen molar-refractivity contribution in [1.29, 1.82) is 0 Å². The molecule has 1 aromatic carbocycles. The minimum absolute atomic E-state index is 0.0770. The number of aromatic nitrogens is 1. The lowest BCUT2D eigenvalue weighted by Crippen LogP contribution is -2.26. The van der Waals surface area contributed by atoms with Gasteiger partial charge in [-0.3, -0.25) is 4.79 Å². The molecule has 0 unspecified atom stereocenters. The van der Waals surface area contributed by atoms with Crippen LogP contribution in [0.4, 0.5) is 0 Å². The average molecular weight is 311 g/mol. The van der Waals surface area contributed by atoms with Gasteiger partial charge in [0.05, 0.1) is 17.1 Å². The molecule has 6 heteroatoms. The number of carbonyl (C=O) groups is 1. The van der Waals surface area contributed by atoms with Gasteiger partial charge in [0, 0.05) is 24.1 Å². The van der Waals surface area contributed by atoms with Crippen LogP contribution in [-0.4, -0.2) is 29.1 Å². The molecular weight excluding hydrogens is 296 g/mol. The van der Waals surface area contributed by atoms with Gasteiger partial charge in [-0.1, -0.05) is 29.8 Å². The van der Waals surface area contributed by atoms with Crippen LogP contribution in [0.5, 0.6) is 0 Å². The molecule has 4 nitrogen and oxygen atoms in total. The van der Waals surface area contributed by atoms with Crippen LogP contribution in [-0.2, 0) is 11.2 Å². The van der Waals surface area contributed by atoms with Gasteiger partial charge < -0.3 is 10.4 Å². The number of hydrogen-bond acceptors (Lipinski definition) is 4. The summed E-state index contributed by atoms with van der Waals surface area (Å²) >= 11 is 7.59. The predicted octanol–water partition coefficient (Wildman–Crippen LogP) is 2.50. The van der Waals surface area contributed by atoms with Crippen LogP contribution < -0.4 is 5.32 Å². The molecule has 0 atom stereocenters. The van der Waals surface area contributed by atoms with E-state index in [0.717, 1.165) is 16.3 Å². The first-order valence-corrected chi connectivity index (χ1v) is 7.53. The molecular formula is C14H15ClN2O2S. The molecule has 0 saturated heterocycles. The van der Waals surface area contributed by atoms with Crippen molar-refractivity contribution < 1.29 is 9.90 Å². The number of aliphatic hydroxyl groups excluding tert-OH is 1. The lowest BCUT2D eigenvalue weighted by atomic mass is 10.2. The van der Waals surface area contributed by atoms with Gasteiger partial charge in [0.25, 0.3) is 0 Å². The van der Waals surface area contributed by atoms with E-state index < -0.39 is 0 Å². The van der Waals surface area contributed by atoms with Crippen molar-refractivity contribution >= 4 is 28.8 Å². The van der Waals surface area contributed by atoms with Crippen molar-refractivity contribution in [3.05, 3.63) is 40.4 Å². The Morgan fingerprint density at radius 2 is 2.20 bits per heavy atom. The molecule has 2 rings (SSSR count). The lowest BCUT2D eigenvalue weighted by molar-refractivity contribution is -0.120. The van der Waals surface area contributed by atoms with E-state index in [4.69, 9.17) is 16.7 Å². The summed E-state index contributed by atoms with van der Waals surface area (Å²) in [7, 11) is 0. The van der Waals surface area contributed by atoms with Crippen LogP contribution in [0.3, 0.4) is 0 Å². The molecule has 0 aliphatic rings. The van der Waals surface area contributed by atoms with Gasteiger partial charge >= 0.3 is 0 Å². The number of amides is 1. The molecule has 1 heterocycles. The average Bonchev–Trinajstić information content (AvgIpc) is 2.88. The number of thiazole rings is 1. The van der Waals surface area contributed by atoms with E-state index >= 15 is 0 Å². The third-order valence-electron chi connectivity index (χ3n) is 2.65. The second kappa shape index (κ2) is 7.38. The SMILES string of the molecule is O=C(Cc1csc(-c2ccccc2Cl)n1)NCCCO. The maximum atomic E-state index is 11.6. The first kappa shape index (κ1) is 15.0. The Morgan fingerprint density at radius 1 is 1.40 bits per heavy atom. The largest absolute Gasteiger partial charge is 0.396 e. The highest BCUT2D eigenvalue weighted by Crippen LogP contribution is 2.30. The number of aliphatic hydroxyl groups is 1. The number of benzene rings is 1. The van der Waals surface area contributed by atoms with E-state index in [0.29, 0.717) is 18.0 Å². The van der Waals surface area contributed by atoms with E-state index in [-0.39, 0.29) is 18.9 Å². The topological polar surface area (TPSA) is 62.2 Å². The quantitative estimate of drug-likeness (QED) is 0.806. The number of nitrogens with one attached hydrogen (secondary N) is 1. The maximum absolute atomic E-state index is 11.6. The minimum atomic E-state index is -0.0885. The highest BCUT2D eigenvalue weighted by molar-refractivity contribution is 7.13. The number of carbonyl (C=O) groups excluding carboxylic acids is 1. The van der Waals surface area contributed by atoms with E-state index in [1.165, 1.54) is 11.3 Å². The zero-order valence-corrected chi connectivity index (χ0v) is 12.4. The second-order valence-corrected chi connectivity index (χ2v) is 5.49. The van der Waals surface area contributed by atoms with Crippen LogP contribution >= 0.6 is 22.9 Å². The first-order chi connectivity index (χ1) is 9.70. The van der Waals surface area contributed by atoms with Gasteiger partial charge in [-0.15, -0.1) is 11.3 Å². The molecule has 1 amide bonds. The fraction of sp³-hybridized carbons (Fsp3) is 0.286. The Kier molecular flexibility index (Phi) is 5.52. The Balaban J connectivity index is 1.99. The van der Waals surface area contributed by atoms with Crippen molar-refractivity contribution in [3.8, 4) is 10.6 Å². The third kappa shape index (κ3) is 4.03. The molecule has 0 radical (unpaired) electrons. The molecule has 0 spiro atoms. The normalized spacial score (nSPS) is 10.5. The smallest absolute Gasteiger partial charge is 0.226 e. The summed E-state index contributed by atoms with van der Waals surface area (Å²) in [4.78, 5) is 16.1. The number of halogens is 1. The van der Waals surface area contributed by atoms with Gasteiger partial charge in [-0.25, -0.2) is 4.98 Å². The number of nitrogens with zero attached hydrogens (tertiary/aromatic N) is 1. The summed E-state index contributed by atoms with van der Waals surface area (Å²) < 4.78 is 0. The van der Waals surface area contributed by atoms with Crippen LogP contribution in [0.25, 0.3) is 10.6 Å². The first-order valence-electron chi connectivity index (χ1n) is 6.27. The van der Waals surface area contributed by atoms with Crippen molar-refractivity contribution in [2.45, 2.75) is 12.8 Å². The van der Waals surface area contributed by atoms with Gasteiger partial charge in [0.2, 0.25) is 5.91 Å². The fourth-order valence-electron chi connectivity index (χ4n) is 1.68. The Labute approximate surface area is 126 Å². The molecule has 0 aliphatic heterocycles. The van der Waals surface area contributed by atoms with Crippen molar-refractivity contribution in [3.63, 3.8) is 0 Å². The molecule has 0 aliphatic carbocycles. The summed E-state index contributed by atoms with van der Waals surface area (Å²) in [5, 5.41) is 14.7. The number of hydrogen-bond donors (Lipinski definition) is 2. The van der Waals surface area contributed by atoms with Gasteiger partial charge in [-0.05, 0) is 12.5 Å². The van der Waals surface area contributed by atoms with Gasteiger partial charge in [-0.2, -0.15) is 0 Å². The lowest BCUT2D eigenvalue weighted by Gasteiger charge is -2.02. The highest BCUT2D eigenvalue weighted by Gasteiger charge is 2.10. The molecule has 2 aromatic rings. The molecule has 2 N–H and O–H groups in total. The maximum Gasteiger partial charge on any atom is 0.226 e. The zero-order chi connectivity index (χ0) is 14.4. The highest BCUT2D eigenvalue weighted by atomic mass is 35.5. The predicted molar refractivity (Wildman–Crippen MR) is 81.0 cm³/mol. The van der Waals surface area contributed by atoms with Crippen LogP contribution in [0.1, 0.15) is 12.1 Å². The summed E-state index contributed by atoms with van der Waals surface area (Å²) in [5.74, 6) is -0.0885. The monoisotopic (exact) mass is 310 g/mol. The van der Waals surface area contributed by atoms with E-state index in [1.54, 1.807) is 0 Å². The molecule has 20 heavy (non-hydrogen) atoms. The molecule has 0 fully saturated rings. The van der Waals surface area contributed by atoms with Gasteiger partial charge in [0.15, 0.2) is 0 Å². The van der Waals surface area contributed by atoms with Crippen LogP contribution in [0, 0.1) is 0 Å². The van der Waals surface area contributed by atoms with E-state index in [1.807, 2.05) is 29.6 Å². The molecule has 0 saturated carbocycles. The summed E-state index contributed by atoms with van der Waals surface area (Å²) in [6.45, 7) is 0.560. The molecule has 0 bridgehead atoms. The number of rotatable bonds is 6. The second-order valence-electron chi connectivity index (χ2n) is 4.23. The Hall–Kier alpha value is -1.43.